The summed E-state index contributed by atoms with van der Waals surface area (Å²) in [6.45, 7) is 3.96. The topological polar surface area (TPSA) is 114 Å². The molecular formula is C12H20N4O3S. The number of aromatic nitrogens is 1. The van der Waals surface area contributed by atoms with Gasteiger partial charge in [-0.15, -0.1) is 0 Å². The van der Waals surface area contributed by atoms with Gasteiger partial charge in [-0.05, 0) is 18.1 Å². The minimum Gasteiger partial charge on any atom is -0.353 e. The number of rotatable bonds is 7. The van der Waals surface area contributed by atoms with Gasteiger partial charge in [0.25, 0.3) is 0 Å². The number of nitrogens with two attached hydrogens (primary N) is 1. The average molecular weight is 300 g/mol. The van der Waals surface area contributed by atoms with Crippen molar-refractivity contribution in [2.24, 2.45) is 11.7 Å². The first-order valence-electron chi connectivity index (χ1n) is 6.27. The van der Waals surface area contributed by atoms with Crippen molar-refractivity contribution in [1.29, 1.82) is 0 Å². The predicted molar refractivity (Wildman–Crippen MR) is 75.2 cm³/mol. The summed E-state index contributed by atoms with van der Waals surface area (Å²) in [6.07, 6.45) is 2.75. The first-order valence-corrected chi connectivity index (χ1v) is 7.76. The maximum absolute atomic E-state index is 11.8. The highest BCUT2D eigenvalue weighted by Gasteiger charge is 2.17. The fourth-order valence-corrected chi connectivity index (χ4v) is 2.38. The first-order chi connectivity index (χ1) is 9.34. The van der Waals surface area contributed by atoms with Crippen molar-refractivity contribution >= 4 is 15.9 Å². The van der Waals surface area contributed by atoms with Crippen molar-refractivity contribution in [3.05, 3.63) is 24.5 Å². The number of nitrogens with one attached hydrogen (secondary N) is 2. The van der Waals surface area contributed by atoms with E-state index in [1.54, 1.807) is 0 Å². The largest absolute Gasteiger partial charge is 0.353 e. The van der Waals surface area contributed by atoms with Crippen LogP contribution in [0.1, 0.15) is 13.8 Å². The van der Waals surface area contributed by atoms with Crippen molar-refractivity contribution in [3.63, 3.8) is 0 Å². The van der Waals surface area contributed by atoms with Gasteiger partial charge >= 0.3 is 0 Å². The van der Waals surface area contributed by atoms with E-state index in [2.05, 4.69) is 15.0 Å². The molecule has 1 aromatic rings. The molecule has 112 valence electrons. The number of hydrogen-bond acceptors (Lipinski definition) is 5. The Morgan fingerprint density at radius 2 is 2.10 bits per heavy atom. The lowest BCUT2D eigenvalue weighted by molar-refractivity contribution is -0.123. The van der Waals surface area contributed by atoms with Crippen molar-refractivity contribution < 1.29 is 13.2 Å². The number of carbonyl (C=O) groups is 1. The van der Waals surface area contributed by atoms with Gasteiger partial charge in [0.1, 0.15) is 4.90 Å². The molecule has 1 aromatic heterocycles. The van der Waals surface area contributed by atoms with Gasteiger partial charge in [-0.2, -0.15) is 0 Å². The van der Waals surface area contributed by atoms with Gasteiger partial charge in [-0.1, -0.05) is 13.8 Å². The molecule has 1 rings (SSSR count). The van der Waals surface area contributed by atoms with Crippen molar-refractivity contribution in [2.45, 2.75) is 24.8 Å². The molecule has 0 aromatic carbocycles. The lowest BCUT2D eigenvalue weighted by Gasteiger charge is -2.15. The summed E-state index contributed by atoms with van der Waals surface area (Å²) in [6, 6.07) is 2.39. The van der Waals surface area contributed by atoms with E-state index in [1.165, 1.54) is 24.5 Å². The zero-order valence-corrected chi connectivity index (χ0v) is 12.4. The second-order valence-corrected chi connectivity index (χ2v) is 6.41. The summed E-state index contributed by atoms with van der Waals surface area (Å²) < 4.78 is 26.0. The zero-order valence-electron chi connectivity index (χ0n) is 11.5. The normalized spacial score (nSPS) is 13.2. The van der Waals surface area contributed by atoms with Gasteiger partial charge in [0.2, 0.25) is 15.9 Å². The number of carbonyl (C=O) groups excluding carboxylic acids is 1. The van der Waals surface area contributed by atoms with Crippen LogP contribution in [0.3, 0.4) is 0 Å². The third kappa shape index (κ3) is 4.87. The molecule has 0 radical (unpaired) electrons. The van der Waals surface area contributed by atoms with Crippen LogP contribution in [0.15, 0.2) is 29.4 Å². The Labute approximate surface area is 119 Å². The van der Waals surface area contributed by atoms with Crippen molar-refractivity contribution in [3.8, 4) is 0 Å². The third-order valence-electron chi connectivity index (χ3n) is 2.68. The van der Waals surface area contributed by atoms with E-state index in [1.807, 2.05) is 13.8 Å². The predicted octanol–water partition coefficient (Wildman–Crippen LogP) is -0.541. The van der Waals surface area contributed by atoms with Gasteiger partial charge in [-0.3, -0.25) is 9.78 Å². The molecule has 0 fully saturated rings. The van der Waals surface area contributed by atoms with Gasteiger partial charge in [0.15, 0.2) is 0 Å². The van der Waals surface area contributed by atoms with E-state index in [0.717, 1.165) is 0 Å². The molecule has 0 spiro atoms. The quantitative estimate of drug-likeness (QED) is 0.585. The van der Waals surface area contributed by atoms with Crippen LogP contribution in [0.4, 0.5) is 0 Å². The lowest BCUT2D eigenvalue weighted by Crippen LogP contribution is -2.46. The molecule has 0 bridgehead atoms. The summed E-state index contributed by atoms with van der Waals surface area (Å²) in [5.41, 5.74) is 5.66. The molecule has 0 saturated heterocycles. The van der Waals surface area contributed by atoms with Crippen LogP contribution in [0, 0.1) is 5.92 Å². The second kappa shape index (κ2) is 7.32. The summed E-state index contributed by atoms with van der Waals surface area (Å²) in [4.78, 5) is 15.4. The molecule has 20 heavy (non-hydrogen) atoms. The Morgan fingerprint density at radius 3 is 2.65 bits per heavy atom. The van der Waals surface area contributed by atoms with E-state index in [9.17, 15) is 13.2 Å². The van der Waals surface area contributed by atoms with Crippen LogP contribution in [-0.4, -0.2) is 38.4 Å². The average Bonchev–Trinajstić information content (AvgIpc) is 2.43. The fourth-order valence-electron chi connectivity index (χ4n) is 1.38. The SMILES string of the molecule is CC(C)[C@H](N)C(=O)NCCNS(=O)(=O)c1cccnc1. The van der Waals surface area contributed by atoms with Crippen LogP contribution in [-0.2, 0) is 14.8 Å². The second-order valence-electron chi connectivity index (χ2n) is 4.65. The first kappa shape index (κ1) is 16.5. The fraction of sp³-hybridized carbons (Fsp3) is 0.500. The summed E-state index contributed by atoms with van der Waals surface area (Å²) in [7, 11) is -3.59. The molecule has 0 unspecified atom stereocenters. The highest BCUT2D eigenvalue weighted by molar-refractivity contribution is 7.89. The molecule has 1 heterocycles. The third-order valence-corrected chi connectivity index (χ3v) is 4.13. The van der Waals surface area contributed by atoms with Crippen molar-refractivity contribution in [1.82, 2.24) is 15.0 Å². The highest BCUT2D eigenvalue weighted by atomic mass is 32.2. The van der Waals surface area contributed by atoms with E-state index < -0.39 is 16.1 Å². The monoisotopic (exact) mass is 300 g/mol. The summed E-state index contributed by atoms with van der Waals surface area (Å²) >= 11 is 0. The van der Waals surface area contributed by atoms with Crippen LogP contribution < -0.4 is 15.8 Å². The minimum absolute atomic E-state index is 0.0297. The van der Waals surface area contributed by atoms with Gasteiger partial charge in [0.05, 0.1) is 6.04 Å². The van der Waals surface area contributed by atoms with E-state index in [4.69, 9.17) is 5.73 Å². The van der Waals surface area contributed by atoms with Crippen LogP contribution in [0.25, 0.3) is 0 Å². The molecule has 1 amide bonds. The molecule has 0 saturated carbocycles. The van der Waals surface area contributed by atoms with Crippen LogP contribution in [0.2, 0.25) is 0 Å². The molecule has 1 atom stereocenters. The maximum atomic E-state index is 11.8. The smallest absolute Gasteiger partial charge is 0.242 e. The Hall–Kier alpha value is -1.51. The van der Waals surface area contributed by atoms with Gasteiger partial charge in [0, 0.05) is 25.5 Å². The van der Waals surface area contributed by atoms with Gasteiger partial charge < -0.3 is 11.1 Å². The molecule has 0 aliphatic heterocycles. The standard InChI is InChI=1S/C12H20N4O3S/c1-9(2)11(13)12(17)15-6-7-16-20(18,19)10-4-3-5-14-8-10/h3-5,8-9,11,16H,6-7,13H2,1-2H3,(H,15,17)/t11-/m0/s1. The Morgan fingerprint density at radius 1 is 1.40 bits per heavy atom. The number of amides is 1. The molecule has 7 nitrogen and oxygen atoms in total. The molecule has 0 aliphatic rings. The lowest BCUT2D eigenvalue weighted by atomic mass is 10.1. The van der Waals surface area contributed by atoms with Crippen molar-refractivity contribution in [2.75, 3.05) is 13.1 Å². The zero-order chi connectivity index (χ0) is 15.2. The molecule has 8 heteroatoms. The maximum Gasteiger partial charge on any atom is 0.242 e. The Balaban J connectivity index is 2.40. The summed E-state index contributed by atoms with van der Waals surface area (Å²) in [5.74, 6) is -0.261. The number of nitrogens with zero attached hydrogens (tertiary/aromatic N) is 1. The number of sulfonamides is 1. The van der Waals surface area contributed by atoms with E-state index in [-0.39, 0.29) is 29.8 Å². The number of hydrogen-bond donors (Lipinski definition) is 3. The number of pyridine rings is 1. The Kier molecular flexibility index (Phi) is 6.05. The van der Waals surface area contributed by atoms with Gasteiger partial charge in [-0.25, -0.2) is 13.1 Å². The summed E-state index contributed by atoms with van der Waals surface area (Å²) in [5, 5.41) is 2.58. The minimum atomic E-state index is -3.59. The molecule has 0 aliphatic carbocycles. The van der Waals surface area contributed by atoms with Crippen LogP contribution in [0.5, 0.6) is 0 Å². The molecular weight excluding hydrogens is 280 g/mol. The highest BCUT2D eigenvalue weighted by Crippen LogP contribution is 2.04. The van der Waals surface area contributed by atoms with Crippen LogP contribution >= 0.6 is 0 Å². The van der Waals surface area contributed by atoms with E-state index >= 15 is 0 Å². The Bertz CT molecular complexity index is 531. The van der Waals surface area contributed by atoms with E-state index in [0.29, 0.717) is 0 Å². The molecule has 4 N–H and O–H groups in total.